The first kappa shape index (κ1) is 16.4. The molecule has 1 aromatic rings. The van der Waals surface area contributed by atoms with Crippen LogP contribution in [0.1, 0.15) is 19.4 Å². The molecule has 108 valence electrons. The Morgan fingerprint density at radius 2 is 2.25 bits per heavy atom. The third-order valence-electron chi connectivity index (χ3n) is 2.48. The van der Waals surface area contributed by atoms with E-state index in [0.717, 1.165) is 5.56 Å². The molecule has 4 nitrogen and oxygen atoms in total. The highest BCUT2D eigenvalue weighted by Gasteiger charge is 2.10. The quantitative estimate of drug-likeness (QED) is 0.756. The van der Waals surface area contributed by atoms with Gasteiger partial charge < -0.3 is 15.4 Å². The van der Waals surface area contributed by atoms with Crippen molar-refractivity contribution in [3.05, 3.63) is 28.8 Å². The predicted octanol–water partition coefficient (Wildman–Crippen LogP) is 1.97. The molecule has 0 heterocycles. The summed E-state index contributed by atoms with van der Waals surface area (Å²) in [6.45, 7) is 4.81. The van der Waals surface area contributed by atoms with E-state index in [9.17, 15) is 4.79 Å². The molecule has 5 heteroatoms. The van der Waals surface area contributed by atoms with Crippen molar-refractivity contribution in [3.63, 3.8) is 0 Å². The van der Waals surface area contributed by atoms with Crippen LogP contribution >= 0.6 is 11.6 Å². The number of nitrogens with one attached hydrogen (secondary N) is 2. The van der Waals surface area contributed by atoms with E-state index in [0.29, 0.717) is 23.4 Å². The van der Waals surface area contributed by atoms with E-state index in [-0.39, 0.29) is 19.1 Å². The van der Waals surface area contributed by atoms with Gasteiger partial charge >= 0.3 is 0 Å². The SMILES string of the molecule is C#CCNC(=O)COc1c(Cl)cccc1CNC(C)C. The Kier molecular flexibility index (Phi) is 6.92. The topological polar surface area (TPSA) is 50.4 Å². The molecule has 0 aliphatic rings. The molecule has 1 rings (SSSR count). The number of amides is 1. The highest BCUT2D eigenvalue weighted by molar-refractivity contribution is 6.32. The van der Waals surface area contributed by atoms with Crippen LogP contribution in [0.5, 0.6) is 5.75 Å². The number of benzene rings is 1. The fourth-order valence-electron chi connectivity index (χ4n) is 1.51. The summed E-state index contributed by atoms with van der Waals surface area (Å²) in [6.07, 6.45) is 5.07. The van der Waals surface area contributed by atoms with Crippen molar-refractivity contribution in [1.29, 1.82) is 0 Å². The van der Waals surface area contributed by atoms with Gasteiger partial charge in [-0.3, -0.25) is 4.79 Å². The number of ether oxygens (including phenoxy) is 1. The summed E-state index contributed by atoms with van der Waals surface area (Å²) in [4.78, 5) is 11.5. The number of para-hydroxylation sites is 1. The van der Waals surface area contributed by atoms with Crippen molar-refractivity contribution in [2.24, 2.45) is 0 Å². The highest BCUT2D eigenvalue weighted by Crippen LogP contribution is 2.28. The lowest BCUT2D eigenvalue weighted by molar-refractivity contribution is -0.122. The van der Waals surface area contributed by atoms with Crippen molar-refractivity contribution in [2.45, 2.75) is 26.4 Å². The molecule has 1 amide bonds. The van der Waals surface area contributed by atoms with Crippen LogP contribution in [0.25, 0.3) is 0 Å². The zero-order valence-corrected chi connectivity index (χ0v) is 12.5. The molecule has 0 fully saturated rings. The number of carbonyl (C=O) groups excluding carboxylic acids is 1. The second-order valence-electron chi connectivity index (χ2n) is 4.53. The van der Waals surface area contributed by atoms with Gasteiger partial charge in [-0.15, -0.1) is 6.42 Å². The predicted molar refractivity (Wildman–Crippen MR) is 80.8 cm³/mol. The van der Waals surface area contributed by atoms with Crippen LogP contribution in [0.2, 0.25) is 5.02 Å². The van der Waals surface area contributed by atoms with Gasteiger partial charge in [-0.25, -0.2) is 0 Å². The van der Waals surface area contributed by atoms with Crippen molar-refractivity contribution in [2.75, 3.05) is 13.2 Å². The third-order valence-corrected chi connectivity index (χ3v) is 2.78. The van der Waals surface area contributed by atoms with E-state index in [1.165, 1.54) is 0 Å². The Hall–Kier alpha value is -1.70. The first-order valence-electron chi connectivity index (χ1n) is 6.38. The van der Waals surface area contributed by atoms with Crippen molar-refractivity contribution in [3.8, 4) is 18.1 Å². The fourth-order valence-corrected chi connectivity index (χ4v) is 1.76. The fraction of sp³-hybridized carbons (Fsp3) is 0.400. The lowest BCUT2D eigenvalue weighted by Crippen LogP contribution is -2.29. The smallest absolute Gasteiger partial charge is 0.258 e. The Morgan fingerprint density at radius 3 is 2.90 bits per heavy atom. The molecule has 0 bridgehead atoms. The van der Waals surface area contributed by atoms with Gasteiger partial charge in [0.15, 0.2) is 6.61 Å². The second-order valence-corrected chi connectivity index (χ2v) is 4.94. The molecular weight excluding hydrogens is 276 g/mol. The number of carbonyl (C=O) groups is 1. The van der Waals surface area contributed by atoms with Crippen molar-refractivity contribution in [1.82, 2.24) is 10.6 Å². The molecule has 0 saturated heterocycles. The van der Waals surface area contributed by atoms with E-state index >= 15 is 0 Å². The molecule has 0 aliphatic carbocycles. The summed E-state index contributed by atoms with van der Waals surface area (Å²) in [7, 11) is 0. The van der Waals surface area contributed by atoms with Gasteiger partial charge in [-0.1, -0.05) is 43.5 Å². The number of halogens is 1. The Labute approximate surface area is 124 Å². The first-order chi connectivity index (χ1) is 9.54. The van der Waals surface area contributed by atoms with Crippen LogP contribution in [-0.2, 0) is 11.3 Å². The minimum Gasteiger partial charge on any atom is -0.482 e. The summed E-state index contributed by atoms with van der Waals surface area (Å²) in [5, 5.41) is 6.30. The van der Waals surface area contributed by atoms with Gasteiger partial charge in [0.1, 0.15) is 5.75 Å². The molecule has 20 heavy (non-hydrogen) atoms. The number of rotatable bonds is 7. The molecule has 0 aromatic heterocycles. The highest BCUT2D eigenvalue weighted by atomic mass is 35.5. The van der Waals surface area contributed by atoms with Gasteiger partial charge in [0.2, 0.25) is 0 Å². The Morgan fingerprint density at radius 1 is 1.50 bits per heavy atom. The second kappa shape index (κ2) is 8.47. The lowest BCUT2D eigenvalue weighted by atomic mass is 10.2. The number of hydrogen-bond acceptors (Lipinski definition) is 3. The summed E-state index contributed by atoms with van der Waals surface area (Å²) < 4.78 is 5.51. The summed E-state index contributed by atoms with van der Waals surface area (Å²) in [5.41, 5.74) is 0.913. The maximum Gasteiger partial charge on any atom is 0.258 e. The van der Waals surface area contributed by atoms with Gasteiger partial charge in [0.05, 0.1) is 11.6 Å². The minimum atomic E-state index is -0.273. The molecule has 0 atom stereocenters. The van der Waals surface area contributed by atoms with Crippen LogP contribution in [0.4, 0.5) is 0 Å². The van der Waals surface area contributed by atoms with Gasteiger partial charge in [-0.05, 0) is 6.07 Å². The van der Waals surface area contributed by atoms with Crippen molar-refractivity contribution < 1.29 is 9.53 Å². The van der Waals surface area contributed by atoms with Crippen LogP contribution in [0.3, 0.4) is 0 Å². The van der Waals surface area contributed by atoms with E-state index in [4.69, 9.17) is 22.8 Å². The standard InChI is InChI=1S/C15H19ClN2O2/c1-4-8-17-14(19)10-20-15-12(9-18-11(2)3)6-5-7-13(15)16/h1,5-7,11,18H,8-10H2,2-3H3,(H,17,19). The molecule has 1 aromatic carbocycles. The van der Waals surface area contributed by atoms with E-state index < -0.39 is 0 Å². The molecule has 0 unspecified atom stereocenters. The van der Waals surface area contributed by atoms with E-state index in [1.54, 1.807) is 6.07 Å². The number of hydrogen-bond donors (Lipinski definition) is 2. The lowest BCUT2D eigenvalue weighted by Gasteiger charge is -2.14. The molecule has 0 radical (unpaired) electrons. The molecule has 2 N–H and O–H groups in total. The van der Waals surface area contributed by atoms with Crippen LogP contribution in [0, 0.1) is 12.3 Å². The zero-order valence-electron chi connectivity index (χ0n) is 11.7. The monoisotopic (exact) mass is 294 g/mol. The first-order valence-corrected chi connectivity index (χ1v) is 6.76. The average molecular weight is 295 g/mol. The molecule has 0 aliphatic heterocycles. The normalized spacial score (nSPS) is 10.2. The summed E-state index contributed by atoms with van der Waals surface area (Å²) in [6, 6.07) is 5.84. The molecule has 0 saturated carbocycles. The maximum absolute atomic E-state index is 11.5. The Balaban J connectivity index is 2.68. The van der Waals surface area contributed by atoms with Crippen LogP contribution in [0.15, 0.2) is 18.2 Å². The van der Waals surface area contributed by atoms with Gasteiger partial charge in [0.25, 0.3) is 5.91 Å². The van der Waals surface area contributed by atoms with E-state index in [2.05, 4.69) is 30.4 Å². The van der Waals surface area contributed by atoms with Crippen molar-refractivity contribution >= 4 is 17.5 Å². The maximum atomic E-state index is 11.5. The van der Waals surface area contributed by atoms with Gasteiger partial charge in [0, 0.05) is 18.2 Å². The number of terminal acetylenes is 1. The largest absolute Gasteiger partial charge is 0.482 e. The van der Waals surface area contributed by atoms with Crippen LogP contribution in [-0.4, -0.2) is 25.1 Å². The van der Waals surface area contributed by atoms with Crippen LogP contribution < -0.4 is 15.4 Å². The third kappa shape index (κ3) is 5.52. The Bertz CT molecular complexity index is 495. The average Bonchev–Trinajstić information content (AvgIpc) is 2.41. The summed E-state index contributed by atoms with van der Waals surface area (Å²) in [5.74, 6) is 2.58. The molecular formula is C15H19ClN2O2. The zero-order chi connectivity index (χ0) is 15.0. The van der Waals surface area contributed by atoms with Gasteiger partial charge in [-0.2, -0.15) is 0 Å². The molecule has 0 spiro atoms. The summed E-state index contributed by atoms with van der Waals surface area (Å²) >= 11 is 6.12. The van der Waals surface area contributed by atoms with E-state index in [1.807, 2.05) is 12.1 Å². The minimum absolute atomic E-state index is 0.111.